The molecule has 1 aromatic carbocycles. The fourth-order valence-corrected chi connectivity index (χ4v) is 1.32. The summed E-state index contributed by atoms with van der Waals surface area (Å²) in [6.07, 6.45) is 0. The Morgan fingerprint density at radius 1 is 1.35 bits per heavy atom. The van der Waals surface area contributed by atoms with Gasteiger partial charge in [0.05, 0.1) is 19.2 Å². The Labute approximate surface area is 95.2 Å². The zero-order chi connectivity index (χ0) is 12.4. The van der Waals surface area contributed by atoms with Crippen molar-refractivity contribution in [3.05, 3.63) is 29.7 Å². The fourth-order valence-electron chi connectivity index (χ4n) is 1.32. The highest BCUT2D eigenvalue weighted by atomic mass is 19.1. The Morgan fingerprint density at radius 2 is 2.00 bits per heavy atom. The second-order valence-electron chi connectivity index (χ2n) is 3.18. The van der Waals surface area contributed by atoms with Crippen LogP contribution in [0.1, 0.15) is 5.89 Å². The number of rotatable bonds is 3. The predicted octanol–water partition coefficient (Wildman–Crippen LogP) is 1.48. The summed E-state index contributed by atoms with van der Waals surface area (Å²) in [5, 5.41) is 3.45. The van der Waals surface area contributed by atoms with Gasteiger partial charge in [0.2, 0.25) is 11.7 Å². The molecule has 0 unspecified atom stereocenters. The van der Waals surface area contributed by atoms with Crippen molar-refractivity contribution in [2.75, 3.05) is 7.11 Å². The van der Waals surface area contributed by atoms with E-state index < -0.39 is 11.6 Å². The second-order valence-corrected chi connectivity index (χ2v) is 3.18. The van der Waals surface area contributed by atoms with Crippen molar-refractivity contribution in [1.82, 2.24) is 10.1 Å². The van der Waals surface area contributed by atoms with Crippen LogP contribution in [0.15, 0.2) is 16.7 Å². The molecule has 2 rings (SSSR count). The summed E-state index contributed by atoms with van der Waals surface area (Å²) in [5.41, 5.74) is 4.89. The first-order chi connectivity index (χ1) is 8.15. The minimum atomic E-state index is -0.828. The van der Waals surface area contributed by atoms with E-state index in [0.717, 1.165) is 12.1 Å². The quantitative estimate of drug-likeness (QED) is 0.881. The molecule has 0 atom stereocenters. The van der Waals surface area contributed by atoms with E-state index in [1.54, 1.807) is 0 Å². The van der Waals surface area contributed by atoms with E-state index in [1.165, 1.54) is 7.11 Å². The topological polar surface area (TPSA) is 74.2 Å². The summed E-state index contributed by atoms with van der Waals surface area (Å²) in [5.74, 6) is -1.65. The summed E-state index contributed by atoms with van der Waals surface area (Å²) >= 11 is 0. The molecule has 0 aliphatic carbocycles. The van der Waals surface area contributed by atoms with Crippen molar-refractivity contribution in [3.63, 3.8) is 0 Å². The van der Waals surface area contributed by atoms with Crippen LogP contribution in [0.3, 0.4) is 0 Å². The number of benzene rings is 1. The smallest absolute Gasteiger partial charge is 0.240 e. The van der Waals surface area contributed by atoms with Gasteiger partial charge < -0.3 is 15.0 Å². The maximum absolute atomic E-state index is 13.6. The number of hydrogen-bond acceptors (Lipinski definition) is 5. The molecular formula is C10H9F2N3O2. The molecule has 5 nitrogen and oxygen atoms in total. The Balaban J connectivity index is 2.51. The molecule has 0 spiro atoms. The molecule has 0 amide bonds. The first-order valence-electron chi connectivity index (χ1n) is 4.71. The third-order valence-corrected chi connectivity index (χ3v) is 2.12. The maximum atomic E-state index is 13.6. The highest BCUT2D eigenvalue weighted by Crippen LogP contribution is 2.27. The van der Waals surface area contributed by atoms with Crippen LogP contribution in [0.5, 0.6) is 5.75 Å². The molecule has 7 heteroatoms. The number of aromatic nitrogens is 2. The van der Waals surface area contributed by atoms with E-state index in [4.69, 9.17) is 10.5 Å². The van der Waals surface area contributed by atoms with Crippen molar-refractivity contribution >= 4 is 0 Å². The van der Waals surface area contributed by atoms with Gasteiger partial charge in [0, 0.05) is 12.1 Å². The van der Waals surface area contributed by atoms with Gasteiger partial charge in [-0.15, -0.1) is 0 Å². The van der Waals surface area contributed by atoms with Crippen molar-refractivity contribution < 1.29 is 18.0 Å². The summed E-state index contributed by atoms with van der Waals surface area (Å²) in [6.45, 7) is 0.00634. The minimum Gasteiger partial charge on any atom is -0.497 e. The van der Waals surface area contributed by atoms with Crippen LogP contribution in [0, 0.1) is 11.6 Å². The van der Waals surface area contributed by atoms with E-state index in [2.05, 4.69) is 14.7 Å². The van der Waals surface area contributed by atoms with Crippen LogP contribution in [-0.4, -0.2) is 17.3 Å². The first kappa shape index (κ1) is 11.5. The summed E-state index contributed by atoms with van der Waals surface area (Å²) in [7, 11) is 1.31. The lowest BCUT2D eigenvalue weighted by Gasteiger charge is -2.03. The molecule has 0 saturated carbocycles. The molecule has 0 radical (unpaired) electrons. The molecule has 0 aliphatic heterocycles. The standard InChI is InChI=1S/C10H9F2N3O2/c1-16-5-2-6(11)9(7(12)3-5)10-14-8(4-13)17-15-10/h2-3H,4,13H2,1H3. The van der Waals surface area contributed by atoms with Crippen LogP contribution < -0.4 is 10.5 Å². The van der Waals surface area contributed by atoms with Crippen molar-refractivity contribution in [1.29, 1.82) is 0 Å². The van der Waals surface area contributed by atoms with Gasteiger partial charge in [0.15, 0.2) is 0 Å². The van der Waals surface area contributed by atoms with Gasteiger partial charge in [-0.25, -0.2) is 8.78 Å². The van der Waals surface area contributed by atoms with Gasteiger partial charge >= 0.3 is 0 Å². The van der Waals surface area contributed by atoms with Gasteiger partial charge in [-0.2, -0.15) is 4.98 Å². The zero-order valence-corrected chi connectivity index (χ0v) is 8.91. The predicted molar refractivity (Wildman–Crippen MR) is 54.1 cm³/mol. The molecule has 2 N–H and O–H groups in total. The summed E-state index contributed by atoms with van der Waals surface area (Å²) in [6, 6.07) is 2.08. The molecule has 0 aliphatic rings. The number of nitrogens with zero attached hydrogens (tertiary/aromatic N) is 2. The van der Waals surface area contributed by atoms with Crippen molar-refractivity contribution in [2.45, 2.75) is 6.54 Å². The monoisotopic (exact) mass is 241 g/mol. The molecular weight excluding hydrogens is 232 g/mol. The molecule has 1 heterocycles. The Morgan fingerprint density at radius 3 is 2.47 bits per heavy atom. The van der Waals surface area contributed by atoms with Crippen LogP contribution in [0.4, 0.5) is 8.78 Å². The maximum Gasteiger partial charge on any atom is 0.240 e. The SMILES string of the molecule is COc1cc(F)c(-c2noc(CN)n2)c(F)c1. The van der Waals surface area contributed by atoms with Gasteiger partial charge in [-0.1, -0.05) is 5.16 Å². The van der Waals surface area contributed by atoms with Gasteiger partial charge in [-0.3, -0.25) is 0 Å². The number of hydrogen-bond donors (Lipinski definition) is 1. The van der Waals surface area contributed by atoms with Crippen LogP contribution >= 0.6 is 0 Å². The summed E-state index contributed by atoms with van der Waals surface area (Å²) in [4.78, 5) is 3.75. The number of ether oxygens (including phenoxy) is 1. The highest BCUT2D eigenvalue weighted by molar-refractivity contribution is 5.57. The lowest BCUT2D eigenvalue weighted by Crippen LogP contribution is -1.97. The van der Waals surface area contributed by atoms with Crippen LogP contribution in [0.2, 0.25) is 0 Å². The molecule has 2 aromatic rings. The largest absolute Gasteiger partial charge is 0.497 e. The van der Waals surface area contributed by atoms with Gasteiger partial charge in [0.25, 0.3) is 0 Å². The molecule has 0 fully saturated rings. The van der Waals surface area contributed by atoms with Crippen LogP contribution in [0.25, 0.3) is 11.4 Å². The third-order valence-electron chi connectivity index (χ3n) is 2.12. The molecule has 17 heavy (non-hydrogen) atoms. The zero-order valence-electron chi connectivity index (χ0n) is 8.91. The van der Waals surface area contributed by atoms with E-state index in [0.29, 0.717) is 0 Å². The second kappa shape index (κ2) is 4.46. The number of methoxy groups -OCH3 is 1. The highest BCUT2D eigenvalue weighted by Gasteiger charge is 2.18. The van der Waals surface area contributed by atoms with Gasteiger partial charge in [0.1, 0.15) is 17.4 Å². The lowest BCUT2D eigenvalue weighted by atomic mass is 10.2. The van der Waals surface area contributed by atoms with E-state index in [-0.39, 0.29) is 29.6 Å². The van der Waals surface area contributed by atoms with Crippen LogP contribution in [-0.2, 0) is 6.54 Å². The van der Waals surface area contributed by atoms with E-state index in [1.807, 2.05) is 0 Å². The molecule has 0 saturated heterocycles. The normalized spacial score (nSPS) is 10.6. The van der Waals surface area contributed by atoms with Gasteiger partial charge in [-0.05, 0) is 0 Å². The van der Waals surface area contributed by atoms with E-state index in [9.17, 15) is 8.78 Å². The average molecular weight is 241 g/mol. The van der Waals surface area contributed by atoms with Crippen molar-refractivity contribution in [2.24, 2.45) is 5.73 Å². The lowest BCUT2D eigenvalue weighted by molar-refractivity contribution is 0.380. The summed E-state index contributed by atoms with van der Waals surface area (Å²) < 4.78 is 36.7. The number of nitrogens with two attached hydrogens (primary N) is 1. The Kier molecular flexibility index (Phi) is 3.01. The molecule has 1 aromatic heterocycles. The Hall–Kier alpha value is -2.02. The Bertz CT molecular complexity index is 519. The van der Waals surface area contributed by atoms with Crippen molar-refractivity contribution in [3.8, 4) is 17.1 Å². The molecule has 0 bridgehead atoms. The number of halogens is 2. The van der Waals surface area contributed by atoms with E-state index >= 15 is 0 Å². The molecule has 90 valence electrons. The minimum absolute atomic E-state index is 0.00634. The third kappa shape index (κ3) is 2.09. The first-order valence-corrected chi connectivity index (χ1v) is 4.71. The fraction of sp³-hybridized carbons (Fsp3) is 0.200. The average Bonchev–Trinajstić information content (AvgIpc) is 2.76.